The predicted molar refractivity (Wildman–Crippen MR) is 116 cm³/mol. The molecular weight excluding hydrogens is 396 g/mol. The highest BCUT2D eigenvalue weighted by molar-refractivity contribution is 6.05. The van der Waals surface area contributed by atoms with Crippen molar-refractivity contribution in [1.29, 1.82) is 0 Å². The van der Waals surface area contributed by atoms with E-state index in [-0.39, 0.29) is 18.6 Å². The molecule has 2 aromatic carbocycles. The molecule has 160 valence electrons. The molecule has 0 unspecified atom stereocenters. The maximum absolute atomic E-state index is 12.8. The zero-order chi connectivity index (χ0) is 21.6. The number of fused-ring (bicyclic) bond motifs is 1. The summed E-state index contributed by atoms with van der Waals surface area (Å²) in [6.45, 7) is 0.803. The largest absolute Gasteiger partial charge is 0.497 e. The van der Waals surface area contributed by atoms with Crippen LogP contribution in [0, 0.1) is 0 Å². The minimum atomic E-state index is -0.569. The van der Waals surface area contributed by atoms with E-state index in [1.807, 2.05) is 48.5 Å². The maximum Gasteiger partial charge on any atom is 0.339 e. The van der Waals surface area contributed by atoms with Gasteiger partial charge in [-0.15, -0.1) is 0 Å². The average molecular weight is 420 g/mol. The maximum atomic E-state index is 12.8. The van der Waals surface area contributed by atoms with Crippen molar-refractivity contribution in [2.45, 2.75) is 18.9 Å². The van der Waals surface area contributed by atoms with Crippen LogP contribution in [0.25, 0.3) is 22.2 Å². The number of carbonyl (C=O) groups excluding carboxylic acids is 2. The normalized spacial score (nSPS) is 15.6. The number of carbonyl (C=O) groups is 2. The van der Waals surface area contributed by atoms with Crippen LogP contribution in [-0.2, 0) is 14.3 Å². The number of hydrogen-bond acceptors (Lipinski definition) is 6. The Kier molecular flexibility index (Phi) is 6.43. The van der Waals surface area contributed by atoms with Crippen LogP contribution in [0.1, 0.15) is 23.2 Å². The summed E-state index contributed by atoms with van der Waals surface area (Å²) in [4.78, 5) is 29.6. The number of methoxy groups -OCH3 is 1. The number of hydrogen-bond donors (Lipinski definition) is 1. The van der Waals surface area contributed by atoms with Crippen LogP contribution in [0.4, 0.5) is 0 Å². The lowest BCUT2D eigenvalue weighted by atomic mass is 10.0. The number of nitrogens with one attached hydrogen (secondary N) is 1. The van der Waals surface area contributed by atoms with Gasteiger partial charge in [0.15, 0.2) is 6.61 Å². The Morgan fingerprint density at radius 3 is 2.71 bits per heavy atom. The average Bonchev–Trinajstić information content (AvgIpc) is 3.34. The number of aromatic nitrogens is 1. The Labute approximate surface area is 180 Å². The molecule has 1 aliphatic rings. The van der Waals surface area contributed by atoms with Gasteiger partial charge in [0.05, 0.1) is 30.0 Å². The van der Waals surface area contributed by atoms with E-state index < -0.39 is 5.97 Å². The molecule has 0 spiro atoms. The standard InChI is InChI=1S/C24H24N2O5/c1-29-17-10-8-16(9-11-17)22-13-20(19-6-2-3-7-21(19)26-22)24(28)31-15-23(27)25-14-18-5-4-12-30-18/h2-3,6-11,13,18H,4-5,12,14-15H2,1H3,(H,25,27)/t18-/m1/s1. The van der Waals surface area contributed by atoms with Crippen molar-refractivity contribution in [3.63, 3.8) is 0 Å². The van der Waals surface area contributed by atoms with Gasteiger partial charge in [-0.25, -0.2) is 9.78 Å². The fraction of sp³-hybridized carbons (Fsp3) is 0.292. The molecule has 0 bridgehead atoms. The molecule has 1 fully saturated rings. The number of para-hydroxylation sites is 1. The highest BCUT2D eigenvalue weighted by Crippen LogP contribution is 2.26. The summed E-state index contributed by atoms with van der Waals surface area (Å²) in [5, 5.41) is 3.42. The van der Waals surface area contributed by atoms with Gasteiger partial charge in [0.25, 0.3) is 5.91 Å². The third-order valence-corrected chi connectivity index (χ3v) is 5.21. The molecule has 0 saturated carbocycles. The smallest absolute Gasteiger partial charge is 0.339 e. The first-order chi connectivity index (χ1) is 15.1. The summed E-state index contributed by atoms with van der Waals surface area (Å²) < 4.78 is 16.0. The SMILES string of the molecule is COc1ccc(-c2cc(C(=O)OCC(=O)NC[C@H]3CCCO3)c3ccccc3n2)cc1. The van der Waals surface area contributed by atoms with E-state index >= 15 is 0 Å². The molecule has 1 aliphatic heterocycles. The summed E-state index contributed by atoms with van der Waals surface area (Å²) >= 11 is 0. The van der Waals surface area contributed by atoms with Gasteiger partial charge in [0.2, 0.25) is 0 Å². The summed E-state index contributed by atoms with van der Waals surface area (Å²) in [6.07, 6.45) is 1.97. The van der Waals surface area contributed by atoms with Crippen molar-refractivity contribution in [1.82, 2.24) is 10.3 Å². The Bertz CT molecular complexity index is 1080. The lowest BCUT2D eigenvalue weighted by molar-refractivity contribution is -0.124. The van der Waals surface area contributed by atoms with Crippen LogP contribution in [0.3, 0.4) is 0 Å². The molecule has 7 heteroatoms. The Morgan fingerprint density at radius 1 is 1.16 bits per heavy atom. The molecule has 7 nitrogen and oxygen atoms in total. The molecule has 4 rings (SSSR count). The van der Waals surface area contributed by atoms with Crippen molar-refractivity contribution in [3.8, 4) is 17.0 Å². The van der Waals surface area contributed by atoms with E-state index in [0.717, 1.165) is 30.8 Å². The number of benzene rings is 2. The number of esters is 1. The van der Waals surface area contributed by atoms with Gasteiger partial charge in [-0.2, -0.15) is 0 Å². The summed E-state index contributed by atoms with van der Waals surface area (Å²) in [5.41, 5.74) is 2.51. The van der Waals surface area contributed by atoms with Crippen LogP contribution in [-0.4, -0.2) is 49.8 Å². The number of pyridine rings is 1. The summed E-state index contributed by atoms with van der Waals surface area (Å²) in [6, 6.07) is 16.5. The zero-order valence-corrected chi connectivity index (χ0v) is 17.3. The number of rotatable bonds is 7. The Hall–Kier alpha value is -3.45. The monoisotopic (exact) mass is 420 g/mol. The number of nitrogens with zero attached hydrogens (tertiary/aromatic N) is 1. The van der Waals surface area contributed by atoms with E-state index in [0.29, 0.717) is 28.7 Å². The highest BCUT2D eigenvalue weighted by atomic mass is 16.5. The van der Waals surface area contributed by atoms with Crippen molar-refractivity contribution in [2.24, 2.45) is 0 Å². The fourth-order valence-corrected chi connectivity index (χ4v) is 3.55. The second kappa shape index (κ2) is 9.57. The third-order valence-electron chi connectivity index (χ3n) is 5.21. The first kappa shape index (κ1) is 20.8. The van der Waals surface area contributed by atoms with E-state index in [1.54, 1.807) is 13.2 Å². The molecule has 2 heterocycles. The zero-order valence-electron chi connectivity index (χ0n) is 17.3. The van der Waals surface area contributed by atoms with E-state index in [1.165, 1.54) is 0 Å². The van der Waals surface area contributed by atoms with Gasteiger partial charge in [-0.1, -0.05) is 18.2 Å². The number of ether oxygens (including phenoxy) is 3. The van der Waals surface area contributed by atoms with Gasteiger partial charge < -0.3 is 19.5 Å². The minimum absolute atomic E-state index is 0.0378. The Balaban J connectivity index is 1.51. The van der Waals surface area contributed by atoms with Gasteiger partial charge in [-0.05, 0) is 49.2 Å². The third kappa shape index (κ3) is 5.00. The Morgan fingerprint density at radius 2 is 1.97 bits per heavy atom. The molecule has 1 atom stereocenters. The van der Waals surface area contributed by atoms with E-state index in [4.69, 9.17) is 14.2 Å². The van der Waals surface area contributed by atoms with E-state index in [9.17, 15) is 9.59 Å². The van der Waals surface area contributed by atoms with Crippen LogP contribution in [0.5, 0.6) is 5.75 Å². The quantitative estimate of drug-likeness (QED) is 0.590. The highest BCUT2D eigenvalue weighted by Gasteiger charge is 2.19. The lowest BCUT2D eigenvalue weighted by Crippen LogP contribution is -2.34. The lowest BCUT2D eigenvalue weighted by Gasteiger charge is -2.12. The predicted octanol–water partition coefficient (Wildman–Crippen LogP) is 3.36. The molecule has 1 N–H and O–H groups in total. The fourth-order valence-electron chi connectivity index (χ4n) is 3.55. The van der Waals surface area contributed by atoms with Crippen LogP contribution in [0.2, 0.25) is 0 Å². The summed E-state index contributed by atoms with van der Waals surface area (Å²) in [7, 11) is 1.61. The molecule has 1 amide bonds. The molecule has 3 aromatic rings. The van der Waals surface area contributed by atoms with Gasteiger partial charge in [0.1, 0.15) is 5.75 Å². The first-order valence-electron chi connectivity index (χ1n) is 10.2. The van der Waals surface area contributed by atoms with Gasteiger partial charge in [0, 0.05) is 24.1 Å². The van der Waals surface area contributed by atoms with Crippen molar-refractivity contribution in [2.75, 3.05) is 26.9 Å². The van der Waals surface area contributed by atoms with Crippen molar-refractivity contribution < 1.29 is 23.8 Å². The van der Waals surface area contributed by atoms with E-state index in [2.05, 4.69) is 10.3 Å². The molecule has 1 aromatic heterocycles. The second-order valence-electron chi connectivity index (χ2n) is 7.32. The number of amides is 1. The van der Waals surface area contributed by atoms with Gasteiger partial charge in [-0.3, -0.25) is 4.79 Å². The minimum Gasteiger partial charge on any atom is -0.497 e. The molecule has 31 heavy (non-hydrogen) atoms. The molecular formula is C24H24N2O5. The first-order valence-corrected chi connectivity index (χ1v) is 10.2. The van der Waals surface area contributed by atoms with Crippen molar-refractivity contribution in [3.05, 3.63) is 60.2 Å². The second-order valence-corrected chi connectivity index (χ2v) is 7.32. The van der Waals surface area contributed by atoms with Gasteiger partial charge >= 0.3 is 5.97 Å². The van der Waals surface area contributed by atoms with Crippen LogP contribution >= 0.6 is 0 Å². The van der Waals surface area contributed by atoms with Crippen LogP contribution in [0.15, 0.2) is 54.6 Å². The van der Waals surface area contributed by atoms with Crippen LogP contribution < -0.4 is 10.1 Å². The van der Waals surface area contributed by atoms with Crippen molar-refractivity contribution >= 4 is 22.8 Å². The molecule has 1 saturated heterocycles. The molecule has 0 aliphatic carbocycles. The topological polar surface area (TPSA) is 86.8 Å². The summed E-state index contributed by atoms with van der Waals surface area (Å²) in [5.74, 6) is -0.184. The molecule has 0 radical (unpaired) electrons.